The van der Waals surface area contributed by atoms with Crippen molar-refractivity contribution < 1.29 is 18.7 Å². The predicted molar refractivity (Wildman–Crippen MR) is 108 cm³/mol. The molecular formula is C24H20FNO3. The summed E-state index contributed by atoms with van der Waals surface area (Å²) in [6, 6.07) is 21.3. The van der Waals surface area contributed by atoms with Gasteiger partial charge in [-0.15, -0.1) is 0 Å². The average Bonchev–Trinajstić information content (AvgIpc) is 3.07. The van der Waals surface area contributed by atoms with Crippen LogP contribution in [-0.2, 0) is 16.0 Å². The third kappa shape index (κ3) is 4.04. The molecule has 4 nitrogen and oxygen atoms in total. The van der Waals surface area contributed by atoms with Crippen LogP contribution >= 0.6 is 0 Å². The molecule has 0 heterocycles. The highest BCUT2D eigenvalue weighted by molar-refractivity contribution is 5.79. The Morgan fingerprint density at radius 2 is 1.55 bits per heavy atom. The fraction of sp³-hybridized carbons (Fsp3) is 0.167. The highest BCUT2D eigenvalue weighted by atomic mass is 19.1. The second-order valence-electron chi connectivity index (χ2n) is 7.04. The number of hydrogen-bond donors (Lipinski definition) is 1. The number of benzene rings is 3. The Hall–Kier alpha value is -3.47. The van der Waals surface area contributed by atoms with E-state index in [1.807, 2.05) is 36.4 Å². The van der Waals surface area contributed by atoms with E-state index in [0.717, 1.165) is 27.8 Å². The number of carbonyl (C=O) groups excluding carboxylic acids is 2. The second-order valence-corrected chi connectivity index (χ2v) is 7.04. The monoisotopic (exact) mass is 389 g/mol. The van der Waals surface area contributed by atoms with Crippen molar-refractivity contribution in [3.63, 3.8) is 0 Å². The summed E-state index contributed by atoms with van der Waals surface area (Å²) in [5.74, 6) is -0.388. The lowest BCUT2D eigenvalue weighted by Crippen LogP contribution is -2.38. The summed E-state index contributed by atoms with van der Waals surface area (Å²) in [5.41, 5.74) is 5.31. The van der Waals surface area contributed by atoms with E-state index in [1.54, 1.807) is 12.1 Å². The lowest BCUT2D eigenvalue weighted by atomic mass is 9.98. The zero-order valence-electron chi connectivity index (χ0n) is 15.7. The number of alkyl carbamates (subject to hydrolysis) is 1. The molecule has 4 rings (SSSR count). The Balaban J connectivity index is 1.40. The summed E-state index contributed by atoms with van der Waals surface area (Å²) in [7, 11) is 0. The van der Waals surface area contributed by atoms with Gasteiger partial charge >= 0.3 is 6.09 Å². The molecule has 0 radical (unpaired) electrons. The van der Waals surface area contributed by atoms with E-state index in [0.29, 0.717) is 6.29 Å². The van der Waals surface area contributed by atoms with Crippen molar-refractivity contribution in [3.05, 3.63) is 95.3 Å². The molecule has 1 unspecified atom stereocenters. The maximum Gasteiger partial charge on any atom is 0.407 e. The van der Waals surface area contributed by atoms with E-state index >= 15 is 0 Å². The van der Waals surface area contributed by atoms with Crippen molar-refractivity contribution in [2.45, 2.75) is 18.4 Å². The number of nitrogens with one attached hydrogen (secondary N) is 1. The van der Waals surface area contributed by atoms with E-state index in [-0.39, 0.29) is 24.8 Å². The van der Waals surface area contributed by atoms with Crippen LogP contribution in [0.2, 0.25) is 0 Å². The minimum atomic E-state index is -0.740. The van der Waals surface area contributed by atoms with E-state index in [2.05, 4.69) is 17.4 Å². The summed E-state index contributed by atoms with van der Waals surface area (Å²) in [6.07, 6.45) is 0.282. The normalized spacial score (nSPS) is 13.3. The van der Waals surface area contributed by atoms with Crippen LogP contribution in [0, 0.1) is 5.82 Å². The Morgan fingerprint density at radius 3 is 2.14 bits per heavy atom. The molecule has 3 aromatic carbocycles. The van der Waals surface area contributed by atoms with E-state index < -0.39 is 12.1 Å². The van der Waals surface area contributed by atoms with Crippen molar-refractivity contribution in [1.29, 1.82) is 0 Å². The number of ether oxygens (including phenoxy) is 1. The fourth-order valence-electron chi connectivity index (χ4n) is 3.80. The average molecular weight is 389 g/mol. The van der Waals surface area contributed by atoms with Crippen LogP contribution in [0.15, 0.2) is 72.8 Å². The second kappa shape index (κ2) is 8.27. The van der Waals surface area contributed by atoms with Crippen LogP contribution in [0.3, 0.4) is 0 Å². The summed E-state index contributed by atoms with van der Waals surface area (Å²) in [4.78, 5) is 23.6. The summed E-state index contributed by atoms with van der Waals surface area (Å²) in [5, 5.41) is 2.58. The van der Waals surface area contributed by atoms with Gasteiger partial charge in [-0.1, -0.05) is 60.7 Å². The van der Waals surface area contributed by atoms with Crippen molar-refractivity contribution >= 4 is 12.4 Å². The van der Waals surface area contributed by atoms with Gasteiger partial charge in [-0.3, -0.25) is 0 Å². The molecule has 1 amide bonds. The maximum atomic E-state index is 13.0. The van der Waals surface area contributed by atoms with Crippen LogP contribution in [-0.4, -0.2) is 25.0 Å². The van der Waals surface area contributed by atoms with Crippen molar-refractivity contribution in [3.8, 4) is 11.1 Å². The molecule has 3 aromatic rings. The Labute approximate surface area is 168 Å². The minimum Gasteiger partial charge on any atom is -0.449 e. The zero-order chi connectivity index (χ0) is 20.2. The van der Waals surface area contributed by atoms with Gasteiger partial charge in [0.1, 0.15) is 18.7 Å². The van der Waals surface area contributed by atoms with E-state index in [4.69, 9.17) is 4.74 Å². The number of rotatable bonds is 6. The quantitative estimate of drug-likeness (QED) is 0.633. The SMILES string of the molecule is O=CC(Cc1ccc(F)cc1)NC(=O)OCC1c2ccccc2-c2ccccc21. The summed E-state index contributed by atoms with van der Waals surface area (Å²) in [6.45, 7) is 0.183. The molecule has 0 spiro atoms. The number of hydrogen-bond acceptors (Lipinski definition) is 3. The zero-order valence-corrected chi connectivity index (χ0v) is 15.7. The van der Waals surface area contributed by atoms with Crippen LogP contribution in [0.25, 0.3) is 11.1 Å². The number of amides is 1. The molecule has 1 aliphatic rings. The predicted octanol–water partition coefficient (Wildman–Crippen LogP) is 4.47. The molecule has 1 aliphatic carbocycles. The summed E-state index contributed by atoms with van der Waals surface area (Å²) >= 11 is 0. The van der Waals surface area contributed by atoms with E-state index in [9.17, 15) is 14.0 Å². The molecular weight excluding hydrogens is 369 g/mol. The van der Waals surface area contributed by atoms with Gasteiger partial charge in [0, 0.05) is 5.92 Å². The number of aldehydes is 1. The van der Waals surface area contributed by atoms with Gasteiger partial charge in [0.25, 0.3) is 0 Å². The lowest BCUT2D eigenvalue weighted by molar-refractivity contribution is -0.109. The van der Waals surface area contributed by atoms with Gasteiger partial charge in [0.15, 0.2) is 0 Å². The Kier molecular flexibility index (Phi) is 5.38. The molecule has 146 valence electrons. The maximum absolute atomic E-state index is 13.0. The van der Waals surface area contributed by atoms with Gasteiger partial charge < -0.3 is 14.8 Å². The first kappa shape index (κ1) is 18.9. The van der Waals surface area contributed by atoms with Crippen LogP contribution < -0.4 is 5.32 Å². The standard InChI is InChI=1S/C24H20FNO3/c25-17-11-9-16(10-12-17)13-18(14-27)26-24(28)29-15-23-21-7-3-1-5-19(21)20-6-2-4-8-22(20)23/h1-12,14,18,23H,13,15H2,(H,26,28). The molecule has 29 heavy (non-hydrogen) atoms. The molecule has 0 fully saturated rings. The van der Waals surface area contributed by atoms with Gasteiger partial charge in [-0.2, -0.15) is 0 Å². The number of halogens is 1. The first-order valence-corrected chi connectivity index (χ1v) is 9.47. The van der Waals surface area contributed by atoms with E-state index in [1.165, 1.54) is 12.1 Å². The smallest absolute Gasteiger partial charge is 0.407 e. The van der Waals surface area contributed by atoms with Gasteiger partial charge in [-0.25, -0.2) is 9.18 Å². The van der Waals surface area contributed by atoms with Crippen LogP contribution in [0.5, 0.6) is 0 Å². The van der Waals surface area contributed by atoms with Gasteiger partial charge in [-0.05, 0) is 46.4 Å². The Morgan fingerprint density at radius 1 is 0.966 bits per heavy atom. The van der Waals surface area contributed by atoms with Gasteiger partial charge in [0.2, 0.25) is 0 Å². The highest BCUT2D eigenvalue weighted by Gasteiger charge is 2.29. The molecule has 1 N–H and O–H groups in total. The third-order valence-corrected chi connectivity index (χ3v) is 5.18. The topological polar surface area (TPSA) is 55.4 Å². The largest absolute Gasteiger partial charge is 0.449 e. The van der Waals surface area contributed by atoms with Crippen molar-refractivity contribution in [1.82, 2.24) is 5.32 Å². The summed E-state index contributed by atoms with van der Waals surface area (Å²) < 4.78 is 18.5. The molecule has 0 aromatic heterocycles. The molecule has 0 saturated carbocycles. The molecule has 0 aliphatic heterocycles. The van der Waals surface area contributed by atoms with Crippen LogP contribution in [0.4, 0.5) is 9.18 Å². The van der Waals surface area contributed by atoms with Crippen molar-refractivity contribution in [2.75, 3.05) is 6.61 Å². The molecule has 0 bridgehead atoms. The molecule has 0 saturated heterocycles. The first-order chi connectivity index (χ1) is 14.2. The van der Waals surface area contributed by atoms with Crippen LogP contribution in [0.1, 0.15) is 22.6 Å². The minimum absolute atomic E-state index is 0.0417. The van der Waals surface area contributed by atoms with Gasteiger partial charge in [0.05, 0.1) is 6.04 Å². The first-order valence-electron chi connectivity index (χ1n) is 9.47. The number of fused-ring (bicyclic) bond motifs is 3. The lowest BCUT2D eigenvalue weighted by Gasteiger charge is -2.17. The Bertz CT molecular complexity index is 987. The molecule has 1 atom stereocenters. The van der Waals surface area contributed by atoms with Crippen molar-refractivity contribution in [2.24, 2.45) is 0 Å². The molecule has 5 heteroatoms. The fourth-order valence-corrected chi connectivity index (χ4v) is 3.80. The third-order valence-electron chi connectivity index (χ3n) is 5.18. The number of carbonyl (C=O) groups is 2. The highest BCUT2D eigenvalue weighted by Crippen LogP contribution is 2.44.